The first-order chi connectivity index (χ1) is 8.63. The second-order valence-corrected chi connectivity index (χ2v) is 8.85. The van der Waals surface area contributed by atoms with E-state index < -0.39 is 0 Å². The van der Waals surface area contributed by atoms with Crippen LogP contribution in [-0.2, 0) is 0 Å². The van der Waals surface area contributed by atoms with Gasteiger partial charge in [0.1, 0.15) is 0 Å². The minimum absolute atomic E-state index is 0.270. The van der Waals surface area contributed by atoms with Crippen molar-refractivity contribution in [1.29, 1.82) is 0 Å². The molecule has 98 valence electrons. The molecular formula is C12H12Br3NS2. The Bertz CT molecular complexity index is 502. The first-order valence-electron chi connectivity index (χ1n) is 5.54. The maximum atomic E-state index is 3.63. The van der Waals surface area contributed by atoms with Gasteiger partial charge >= 0.3 is 0 Å². The molecule has 0 fully saturated rings. The lowest BCUT2D eigenvalue weighted by molar-refractivity contribution is 0.611. The van der Waals surface area contributed by atoms with Crippen molar-refractivity contribution in [2.24, 2.45) is 0 Å². The molecule has 2 aromatic heterocycles. The third-order valence-electron chi connectivity index (χ3n) is 2.45. The van der Waals surface area contributed by atoms with E-state index in [2.05, 4.69) is 77.5 Å². The lowest BCUT2D eigenvalue weighted by Crippen LogP contribution is -2.21. The van der Waals surface area contributed by atoms with Gasteiger partial charge in [0.15, 0.2) is 0 Å². The van der Waals surface area contributed by atoms with E-state index in [9.17, 15) is 0 Å². The normalized spacial score (nSPS) is 12.9. The third kappa shape index (κ3) is 3.46. The molecule has 2 aromatic rings. The number of hydrogen-bond donors (Lipinski definition) is 1. The maximum Gasteiger partial charge on any atom is 0.0843 e. The summed E-state index contributed by atoms with van der Waals surface area (Å²) >= 11 is 14.3. The minimum Gasteiger partial charge on any atom is -0.305 e. The molecule has 1 nitrogen and oxygen atoms in total. The second kappa shape index (κ2) is 6.99. The second-order valence-electron chi connectivity index (χ2n) is 3.79. The summed E-state index contributed by atoms with van der Waals surface area (Å²) in [5.74, 6) is 0. The molecule has 6 heteroatoms. The Labute approximate surface area is 140 Å². The Kier molecular flexibility index (Phi) is 5.90. The highest BCUT2D eigenvalue weighted by molar-refractivity contribution is 9.13. The van der Waals surface area contributed by atoms with Crippen molar-refractivity contribution in [3.8, 4) is 0 Å². The Morgan fingerprint density at radius 3 is 2.56 bits per heavy atom. The summed E-state index contributed by atoms with van der Waals surface area (Å²) in [5, 5.41) is 5.74. The van der Waals surface area contributed by atoms with Crippen LogP contribution in [0.1, 0.15) is 29.1 Å². The van der Waals surface area contributed by atoms with E-state index in [1.165, 1.54) is 14.2 Å². The van der Waals surface area contributed by atoms with Crippen LogP contribution in [0.4, 0.5) is 0 Å². The Balaban J connectivity index is 2.33. The first kappa shape index (κ1) is 15.2. The van der Waals surface area contributed by atoms with Crippen LogP contribution in [0, 0.1) is 0 Å². The van der Waals surface area contributed by atoms with Crippen LogP contribution in [-0.4, -0.2) is 6.54 Å². The molecule has 0 radical (unpaired) electrons. The van der Waals surface area contributed by atoms with Gasteiger partial charge in [-0.3, -0.25) is 0 Å². The summed E-state index contributed by atoms with van der Waals surface area (Å²) in [6.07, 6.45) is 1.13. The van der Waals surface area contributed by atoms with Crippen molar-refractivity contribution < 1.29 is 0 Å². The highest BCUT2D eigenvalue weighted by Crippen LogP contribution is 2.40. The van der Waals surface area contributed by atoms with Crippen molar-refractivity contribution in [1.82, 2.24) is 5.32 Å². The number of thiophene rings is 2. The number of halogens is 3. The zero-order chi connectivity index (χ0) is 13.1. The highest BCUT2D eigenvalue weighted by Gasteiger charge is 2.20. The van der Waals surface area contributed by atoms with E-state index in [0.717, 1.165) is 21.2 Å². The van der Waals surface area contributed by atoms with Crippen LogP contribution in [0.5, 0.6) is 0 Å². The summed E-state index contributed by atoms with van der Waals surface area (Å²) in [6.45, 7) is 3.20. The van der Waals surface area contributed by atoms with Gasteiger partial charge in [0.05, 0.1) is 9.83 Å². The van der Waals surface area contributed by atoms with Crippen LogP contribution in [0.2, 0.25) is 0 Å². The van der Waals surface area contributed by atoms with Crippen LogP contribution >= 0.6 is 70.5 Å². The summed E-state index contributed by atoms with van der Waals surface area (Å²) in [7, 11) is 0. The van der Waals surface area contributed by atoms with E-state index >= 15 is 0 Å². The van der Waals surface area contributed by atoms with Gasteiger partial charge in [-0.25, -0.2) is 0 Å². The van der Waals surface area contributed by atoms with E-state index in [0.29, 0.717) is 0 Å². The van der Waals surface area contributed by atoms with E-state index in [-0.39, 0.29) is 6.04 Å². The zero-order valence-electron chi connectivity index (χ0n) is 9.67. The van der Waals surface area contributed by atoms with E-state index in [1.54, 1.807) is 22.7 Å². The molecule has 1 N–H and O–H groups in total. The largest absolute Gasteiger partial charge is 0.305 e. The summed E-state index contributed by atoms with van der Waals surface area (Å²) in [6, 6.07) is 4.57. The van der Waals surface area contributed by atoms with Crippen molar-refractivity contribution >= 4 is 70.5 Å². The average molecular weight is 474 g/mol. The fraction of sp³-hybridized carbons (Fsp3) is 0.333. The predicted molar refractivity (Wildman–Crippen MR) is 91.9 cm³/mol. The van der Waals surface area contributed by atoms with Crippen LogP contribution in [0.25, 0.3) is 0 Å². The van der Waals surface area contributed by atoms with Gasteiger partial charge in [-0.2, -0.15) is 0 Å². The quantitative estimate of drug-likeness (QED) is 0.546. The van der Waals surface area contributed by atoms with Crippen molar-refractivity contribution in [2.75, 3.05) is 6.54 Å². The van der Waals surface area contributed by atoms with Gasteiger partial charge < -0.3 is 5.32 Å². The Hall–Kier alpha value is 0.800. The minimum atomic E-state index is 0.270. The number of rotatable bonds is 5. The van der Waals surface area contributed by atoms with Gasteiger partial charge in [0, 0.05) is 18.7 Å². The molecule has 0 amide bonds. The lowest BCUT2D eigenvalue weighted by atomic mass is 10.2. The number of hydrogen-bond acceptors (Lipinski definition) is 3. The van der Waals surface area contributed by atoms with Crippen LogP contribution < -0.4 is 5.32 Å². The average Bonchev–Trinajstić information content (AvgIpc) is 2.88. The summed E-state index contributed by atoms with van der Waals surface area (Å²) < 4.78 is 3.45. The van der Waals surface area contributed by atoms with Crippen molar-refractivity contribution in [3.05, 3.63) is 40.0 Å². The molecule has 0 spiro atoms. The van der Waals surface area contributed by atoms with Gasteiger partial charge in [-0.15, -0.1) is 22.7 Å². The van der Waals surface area contributed by atoms with Gasteiger partial charge in [0.2, 0.25) is 0 Å². The highest BCUT2D eigenvalue weighted by atomic mass is 79.9. The SMILES string of the molecule is CCCNC(c1cc(Br)c(Br)s1)c1sccc1Br. The maximum absolute atomic E-state index is 3.63. The van der Waals surface area contributed by atoms with Gasteiger partial charge in [-0.05, 0) is 78.3 Å². The number of nitrogens with one attached hydrogen (secondary N) is 1. The van der Waals surface area contributed by atoms with Gasteiger partial charge in [0.25, 0.3) is 0 Å². The first-order valence-corrected chi connectivity index (χ1v) is 9.62. The van der Waals surface area contributed by atoms with E-state index in [4.69, 9.17) is 0 Å². The monoisotopic (exact) mass is 471 g/mol. The molecule has 0 aliphatic carbocycles. The third-order valence-corrected chi connectivity index (χ3v) is 7.71. The molecule has 0 saturated carbocycles. The molecule has 0 aromatic carbocycles. The molecule has 0 bridgehead atoms. The lowest BCUT2D eigenvalue weighted by Gasteiger charge is -2.16. The van der Waals surface area contributed by atoms with Crippen molar-refractivity contribution in [2.45, 2.75) is 19.4 Å². The Morgan fingerprint density at radius 2 is 2.06 bits per heavy atom. The Morgan fingerprint density at radius 1 is 1.28 bits per heavy atom. The topological polar surface area (TPSA) is 12.0 Å². The fourth-order valence-electron chi connectivity index (χ4n) is 1.63. The smallest absolute Gasteiger partial charge is 0.0843 e. The molecule has 18 heavy (non-hydrogen) atoms. The molecule has 1 atom stereocenters. The molecule has 0 saturated heterocycles. The van der Waals surface area contributed by atoms with Crippen LogP contribution in [0.3, 0.4) is 0 Å². The summed E-state index contributed by atoms with van der Waals surface area (Å²) in [4.78, 5) is 2.66. The van der Waals surface area contributed by atoms with E-state index in [1.807, 2.05) is 0 Å². The summed E-state index contributed by atoms with van der Waals surface area (Å²) in [5.41, 5.74) is 0. The molecule has 2 heterocycles. The molecule has 0 aliphatic rings. The fourth-order valence-corrected chi connectivity index (χ4v) is 5.57. The molecule has 1 unspecified atom stereocenters. The standard InChI is InChI=1S/C12H12Br3NS2/c1-2-4-16-10(11-7(13)3-5-17-11)9-6-8(14)12(15)18-9/h3,5-6,10,16H,2,4H2,1H3. The molecular weight excluding hydrogens is 462 g/mol. The predicted octanol–water partition coefficient (Wildman–Crippen LogP) is 6.19. The van der Waals surface area contributed by atoms with Crippen molar-refractivity contribution in [3.63, 3.8) is 0 Å². The van der Waals surface area contributed by atoms with Crippen LogP contribution in [0.15, 0.2) is 30.2 Å². The van der Waals surface area contributed by atoms with Gasteiger partial charge in [-0.1, -0.05) is 6.92 Å². The zero-order valence-corrected chi connectivity index (χ0v) is 16.1. The molecule has 0 aliphatic heterocycles. The molecule has 2 rings (SSSR count).